The van der Waals surface area contributed by atoms with E-state index in [9.17, 15) is 14.7 Å². The second kappa shape index (κ2) is 7.34. The molecule has 0 aromatic heterocycles. The van der Waals surface area contributed by atoms with Gasteiger partial charge in [-0.3, -0.25) is 9.59 Å². The van der Waals surface area contributed by atoms with E-state index in [1.54, 1.807) is 6.07 Å². The van der Waals surface area contributed by atoms with Gasteiger partial charge in [-0.05, 0) is 33.3 Å². The molecule has 0 aliphatic carbocycles. The third-order valence-corrected chi connectivity index (χ3v) is 3.66. The molecule has 24 heavy (non-hydrogen) atoms. The molecule has 0 saturated heterocycles. The van der Waals surface area contributed by atoms with Crippen molar-refractivity contribution in [2.45, 2.75) is 66.6 Å². The summed E-state index contributed by atoms with van der Waals surface area (Å²) in [5.74, 6) is -0.567. The maximum Gasteiger partial charge on any atom is 0.306 e. The monoisotopic (exact) mass is 335 g/mol. The highest BCUT2D eigenvalue weighted by molar-refractivity contribution is 5.90. The van der Waals surface area contributed by atoms with Gasteiger partial charge in [0.25, 0.3) is 0 Å². The molecule has 0 fully saturated rings. The SMILES string of the molecule is CC(=O)Nc1c(C)cccc1C(O)C(C)(C)CC(=O)OC(C)(C)C. The Labute approximate surface area is 144 Å². The van der Waals surface area contributed by atoms with Crippen molar-refractivity contribution < 1.29 is 19.4 Å². The lowest BCUT2D eigenvalue weighted by Crippen LogP contribution is -2.31. The number of nitrogens with one attached hydrogen (secondary N) is 1. The number of aryl methyl sites for hydroxylation is 1. The highest BCUT2D eigenvalue weighted by Crippen LogP contribution is 2.40. The molecule has 0 spiro atoms. The Morgan fingerprint density at radius 1 is 1.21 bits per heavy atom. The molecule has 0 radical (unpaired) electrons. The highest BCUT2D eigenvalue weighted by atomic mass is 16.6. The second-order valence-electron chi connectivity index (χ2n) is 7.87. The van der Waals surface area contributed by atoms with E-state index in [4.69, 9.17) is 4.74 Å². The molecular formula is C19H29NO4. The Kier molecular flexibility index (Phi) is 6.17. The minimum Gasteiger partial charge on any atom is -0.460 e. The van der Waals surface area contributed by atoms with E-state index in [0.717, 1.165) is 5.56 Å². The fourth-order valence-corrected chi connectivity index (χ4v) is 2.53. The first kappa shape index (κ1) is 20.2. The van der Waals surface area contributed by atoms with Crippen LogP contribution in [0.25, 0.3) is 0 Å². The molecule has 0 heterocycles. The Balaban J connectivity index is 3.07. The van der Waals surface area contributed by atoms with Gasteiger partial charge in [-0.2, -0.15) is 0 Å². The van der Waals surface area contributed by atoms with E-state index in [1.165, 1.54) is 6.92 Å². The number of aliphatic hydroxyl groups is 1. The fourth-order valence-electron chi connectivity index (χ4n) is 2.53. The van der Waals surface area contributed by atoms with Crippen LogP contribution < -0.4 is 5.32 Å². The number of anilines is 1. The highest BCUT2D eigenvalue weighted by Gasteiger charge is 2.35. The number of para-hydroxylation sites is 1. The van der Waals surface area contributed by atoms with Gasteiger partial charge in [0.05, 0.1) is 12.5 Å². The molecule has 1 aromatic carbocycles. The molecule has 0 saturated carbocycles. The molecular weight excluding hydrogens is 306 g/mol. The lowest BCUT2D eigenvalue weighted by molar-refractivity contribution is -0.159. The van der Waals surface area contributed by atoms with E-state index in [1.807, 2.05) is 53.7 Å². The van der Waals surface area contributed by atoms with Crippen LogP contribution in [0.2, 0.25) is 0 Å². The summed E-state index contributed by atoms with van der Waals surface area (Å²) >= 11 is 0. The molecule has 1 rings (SSSR count). The topological polar surface area (TPSA) is 75.6 Å². The second-order valence-corrected chi connectivity index (χ2v) is 7.87. The van der Waals surface area contributed by atoms with Crippen LogP contribution in [-0.2, 0) is 14.3 Å². The first-order valence-corrected chi connectivity index (χ1v) is 8.10. The maximum atomic E-state index is 12.1. The van der Waals surface area contributed by atoms with Gasteiger partial charge in [-0.1, -0.05) is 32.0 Å². The van der Waals surface area contributed by atoms with Crippen molar-refractivity contribution in [2.24, 2.45) is 5.41 Å². The summed E-state index contributed by atoms with van der Waals surface area (Å²) in [6.07, 6.45) is -0.856. The van der Waals surface area contributed by atoms with Crippen molar-refractivity contribution in [1.29, 1.82) is 0 Å². The van der Waals surface area contributed by atoms with E-state index in [-0.39, 0.29) is 18.3 Å². The van der Waals surface area contributed by atoms with Crippen molar-refractivity contribution in [3.05, 3.63) is 29.3 Å². The van der Waals surface area contributed by atoms with Gasteiger partial charge in [0.2, 0.25) is 5.91 Å². The normalized spacial score (nSPS) is 13.3. The number of carbonyl (C=O) groups is 2. The third kappa shape index (κ3) is 5.64. The van der Waals surface area contributed by atoms with Gasteiger partial charge < -0.3 is 15.2 Å². The van der Waals surface area contributed by atoms with E-state index >= 15 is 0 Å². The number of hydrogen-bond donors (Lipinski definition) is 2. The summed E-state index contributed by atoms with van der Waals surface area (Å²) in [7, 11) is 0. The lowest BCUT2D eigenvalue weighted by Gasteiger charge is -2.32. The van der Waals surface area contributed by atoms with Gasteiger partial charge in [-0.15, -0.1) is 0 Å². The minimum atomic E-state index is -0.924. The molecule has 5 nitrogen and oxygen atoms in total. The molecule has 0 aliphatic heterocycles. The molecule has 2 N–H and O–H groups in total. The Hall–Kier alpha value is -1.88. The van der Waals surface area contributed by atoms with E-state index in [2.05, 4.69) is 5.32 Å². The maximum absolute atomic E-state index is 12.1. The number of carbonyl (C=O) groups excluding carboxylic acids is 2. The Bertz CT molecular complexity index is 614. The number of rotatable bonds is 5. The quantitative estimate of drug-likeness (QED) is 0.804. The van der Waals surface area contributed by atoms with Gasteiger partial charge >= 0.3 is 5.97 Å². The smallest absolute Gasteiger partial charge is 0.306 e. The molecule has 5 heteroatoms. The molecule has 1 aromatic rings. The summed E-state index contributed by atoms with van der Waals surface area (Å²) in [5.41, 5.74) is 0.731. The van der Waals surface area contributed by atoms with Crippen LogP contribution in [0.1, 0.15) is 65.2 Å². The zero-order valence-corrected chi connectivity index (χ0v) is 15.7. The van der Waals surface area contributed by atoms with Crippen LogP contribution in [0.4, 0.5) is 5.69 Å². The van der Waals surface area contributed by atoms with Crippen molar-refractivity contribution in [2.75, 3.05) is 5.32 Å². The van der Waals surface area contributed by atoms with Crippen LogP contribution in [0.5, 0.6) is 0 Å². The van der Waals surface area contributed by atoms with Crippen LogP contribution >= 0.6 is 0 Å². The molecule has 0 aliphatic rings. The van der Waals surface area contributed by atoms with Crippen molar-refractivity contribution in [3.63, 3.8) is 0 Å². The van der Waals surface area contributed by atoms with Gasteiger partial charge in [0.15, 0.2) is 0 Å². The summed E-state index contributed by atoms with van der Waals surface area (Å²) in [6, 6.07) is 5.45. The summed E-state index contributed by atoms with van der Waals surface area (Å²) in [4.78, 5) is 23.6. The van der Waals surface area contributed by atoms with Crippen LogP contribution in [0.3, 0.4) is 0 Å². The third-order valence-electron chi connectivity index (χ3n) is 3.66. The molecule has 1 amide bonds. The lowest BCUT2D eigenvalue weighted by atomic mass is 9.79. The summed E-state index contributed by atoms with van der Waals surface area (Å²) in [5, 5.41) is 13.6. The number of benzene rings is 1. The van der Waals surface area contributed by atoms with Crippen LogP contribution in [-0.4, -0.2) is 22.6 Å². The van der Waals surface area contributed by atoms with Crippen LogP contribution in [0.15, 0.2) is 18.2 Å². The first-order chi connectivity index (χ1) is 10.8. The van der Waals surface area contributed by atoms with Gasteiger partial charge in [0.1, 0.15) is 5.60 Å². The average molecular weight is 335 g/mol. The Morgan fingerprint density at radius 2 is 1.79 bits per heavy atom. The van der Waals surface area contributed by atoms with Gasteiger partial charge in [-0.25, -0.2) is 0 Å². The number of ether oxygens (including phenoxy) is 1. The minimum absolute atomic E-state index is 0.0683. The predicted octanol–water partition coefficient (Wildman–Crippen LogP) is 3.74. The van der Waals surface area contributed by atoms with Crippen molar-refractivity contribution in [1.82, 2.24) is 0 Å². The van der Waals surface area contributed by atoms with Crippen LogP contribution in [0, 0.1) is 12.3 Å². The zero-order valence-electron chi connectivity index (χ0n) is 15.7. The van der Waals surface area contributed by atoms with E-state index in [0.29, 0.717) is 11.3 Å². The fraction of sp³-hybridized carbons (Fsp3) is 0.579. The largest absolute Gasteiger partial charge is 0.460 e. The van der Waals surface area contributed by atoms with Gasteiger partial charge in [0, 0.05) is 23.6 Å². The number of aliphatic hydroxyl groups excluding tert-OH is 1. The zero-order chi connectivity index (χ0) is 18.7. The molecule has 0 bridgehead atoms. The molecule has 134 valence electrons. The summed E-state index contributed by atoms with van der Waals surface area (Å²) in [6.45, 7) is 12.3. The van der Waals surface area contributed by atoms with Crippen molar-refractivity contribution >= 4 is 17.6 Å². The Morgan fingerprint density at radius 3 is 2.29 bits per heavy atom. The molecule has 1 atom stereocenters. The number of hydrogen-bond acceptors (Lipinski definition) is 4. The van der Waals surface area contributed by atoms with E-state index < -0.39 is 17.1 Å². The number of esters is 1. The predicted molar refractivity (Wildman–Crippen MR) is 94.7 cm³/mol. The first-order valence-electron chi connectivity index (χ1n) is 8.10. The standard InChI is InChI=1S/C19H29NO4/c1-12-9-8-10-14(16(12)20-13(2)21)17(23)19(6,7)11-15(22)24-18(3,4)5/h8-10,17,23H,11H2,1-7H3,(H,20,21). The number of amides is 1. The van der Waals surface area contributed by atoms with Crippen molar-refractivity contribution in [3.8, 4) is 0 Å². The summed E-state index contributed by atoms with van der Waals surface area (Å²) < 4.78 is 5.36. The average Bonchev–Trinajstić information content (AvgIpc) is 2.36. The molecule has 1 unspecified atom stereocenters.